The number of benzene rings is 2. The number of rotatable bonds is 6. The number of likely N-dealkylation sites (tertiary alicyclic amines) is 1. The first-order chi connectivity index (χ1) is 12.9. The summed E-state index contributed by atoms with van der Waals surface area (Å²) in [4.78, 5) is 27.8. The first kappa shape index (κ1) is 18.7. The van der Waals surface area contributed by atoms with E-state index in [4.69, 9.17) is 4.74 Å². The van der Waals surface area contributed by atoms with E-state index in [9.17, 15) is 14.0 Å². The van der Waals surface area contributed by atoms with Crippen LogP contribution in [0.4, 0.5) is 15.8 Å². The lowest BCUT2D eigenvalue weighted by molar-refractivity contribution is -0.143. The van der Waals surface area contributed by atoms with Crippen molar-refractivity contribution in [2.45, 2.75) is 0 Å². The molecule has 1 heterocycles. The predicted octanol–water partition coefficient (Wildman–Crippen LogP) is 2.37. The molecule has 1 fully saturated rings. The van der Waals surface area contributed by atoms with Crippen molar-refractivity contribution in [3.63, 3.8) is 0 Å². The first-order valence-electron chi connectivity index (χ1n) is 8.67. The highest BCUT2D eigenvalue weighted by atomic mass is 19.1. The van der Waals surface area contributed by atoms with Crippen LogP contribution in [0.1, 0.15) is 0 Å². The Hall–Kier alpha value is -3.09. The average Bonchev–Trinajstić information content (AvgIpc) is 2.60. The predicted molar refractivity (Wildman–Crippen MR) is 101 cm³/mol. The molecule has 3 rings (SSSR count). The summed E-state index contributed by atoms with van der Waals surface area (Å²) in [5, 5.41) is 2.86. The molecular weight excluding hydrogens is 349 g/mol. The lowest BCUT2D eigenvalue weighted by Crippen LogP contribution is -2.55. The van der Waals surface area contributed by atoms with E-state index in [2.05, 4.69) is 5.32 Å². The Labute approximate surface area is 157 Å². The van der Waals surface area contributed by atoms with Gasteiger partial charge in [0, 0.05) is 38.6 Å². The Morgan fingerprint density at radius 3 is 2.44 bits per heavy atom. The van der Waals surface area contributed by atoms with E-state index < -0.39 is 5.82 Å². The second kappa shape index (κ2) is 8.07. The van der Waals surface area contributed by atoms with Crippen LogP contribution < -0.4 is 15.0 Å². The third-order valence-corrected chi connectivity index (χ3v) is 4.44. The van der Waals surface area contributed by atoms with Gasteiger partial charge in [0.1, 0.15) is 0 Å². The average molecular weight is 371 g/mol. The van der Waals surface area contributed by atoms with Crippen LogP contribution in [0.15, 0.2) is 48.5 Å². The van der Waals surface area contributed by atoms with E-state index >= 15 is 0 Å². The smallest absolute Gasteiger partial charge is 0.260 e. The zero-order valence-corrected chi connectivity index (χ0v) is 15.3. The number of nitrogens with zero attached hydrogens (tertiary/aromatic N) is 2. The van der Waals surface area contributed by atoms with Crippen LogP contribution in [0, 0.1) is 11.7 Å². The van der Waals surface area contributed by atoms with Crippen LogP contribution in [0.5, 0.6) is 5.75 Å². The van der Waals surface area contributed by atoms with Gasteiger partial charge < -0.3 is 19.9 Å². The summed E-state index contributed by atoms with van der Waals surface area (Å²) in [5.74, 6) is -1.10. The van der Waals surface area contributed by atoms with Crippen molar-refractivity contribution in [3.05, 3.63) is 54.3 Å². The number of nitrogens with one attached hydrogen (secondary N) is 1. The third-order valence-electron chi connectivity index (χ3n) is 4.44. The molecule has 1 saturated heterocycles. The Balaban J connectivity index is 1.43. The van der Waals surface area contributed by atoms with E-state index in [-0.39, 0.29) is 30.1 Å². The van der Waals surface area contributed by atoms with Gasteiger partial charge in [-0.25, -0.2) is 4.39 Å². The van der Waals surface area contributed by atoms with Crippen molar-refractivity contribution >= 4 is 23.2 Å². The van der Waals surface area contributed by atoms with Crippen molar-refractivity contribution in [2.75, 3.05) is 44.0 Å². The molecule has 0 aliphatic carbocycles. The van der Waals surface area contributed by atoms with Crippen molar-refractivity contribution < 1.29 is 18.7 Å². The van der Waals surface area contributed by atoms with Gasteiger partial charge in [-0.2, -0.15) is 0 Å². The molecule has 27 heavy (non-hydrogen) atoms. The normalized spacial score (nSPS) is 13.7. The molecule has 1 N–H and O–H groups in total. The molecule has 1 aliphatic rings. The van der Waals surface area contributed by atoms with Gasteiger partial charge in [0.05, 0.1) is 5.92 Å². The van der Waals surface area contributed by atoms with Crippen LogP contribution in [-0.4, -0.2) is 50.5 Å². The number of carbonyl (C=O) groups is 2. The van der Waals surface area contributed by atoms with Crippen LogP contribution in [0.25, 0.3) is 0 Å². The number of ether oxygens (including phenoxy) is 1. The number of carbonyl (C=O) groups excluding carboxylic acids is 2. The molecule has 142 valence electrons. The lowest BCUT2D eigenvalue weighted by atomic mass is 9.99. The summed E-state index contributed by atoms with van der Waals surface area (Å²) in [6, 6.07) is 13.5. The minimum atomic E-state index is -0.508. The Kier molecular flexibility index (Phi) is 5.59. The van der Waals surface area contributed by atoms with Crippen LogP contribution >= 0.6 is 0 Å². The Bertz CT molecular complexity index is 817. The molecule has 1 aliphatic heterocycles. The van der Waals surface area contributed by atoms with E-state index in [1.165, 1.54) is 17.0 Å². The van der Waals surface area contributed by atoms with E-state index in [1.54, 1.807) is 12.1 Å². The molecule has 2 aromatic rings. The van der Waals surface area contributed by atoms with Crippen LogP contribution in [-0.2, 0) is 9.59 Å². The molecule has 0 unspecified atom stereocenters. The zero-order valence-electron chi connectivity index (χ0n) is 15.3. The van der Waals surface area contributed by atoms with Crippen molar-refractivity contribution in [1.82, 2.24) is 4.90 Å². The maximum atomic E-state index is 13.5. The highest BCUT2D eigenvalue weighted by Gasteiger charge is 2.35. The molecule has 0 atom stereocenters. The van der Waals surface area contributed by atoms with Gasteiger partial charge in [0.25, 0.3) is 5.91 Å². The Morgan fingerprint density at radius 2 is 1.81 bits per heavy atom. The van der Waals surface area contributed by atoms with Gasteiger partial charge in [-0.15, -0.1) is 0 Å². The molecule has 0 aromatic heterocycles. The van der Waals surface area contributed by atoms with Gasteiger partial charge in [-0.1, -0.05) is 12.1 Å². The second-order valence-electron chi connectivity index (χ2n) is 6.65. The SMILES string of the molecule is CN(C)c1ccc(NC(=O)C2CN(C(=O)COc3ccccc3F)C2)cc1. The second-order valence-corrected chi connectivity index (χ2v) is 6.65. The van der Waals surface area contributed by atoms with E-state index in [0.717, 1.165) is 11.4 Å². The summed E-state index contributed by atoms with van der Waals surface area (Å²) in [6.07, 6.45) is 0. The van der Waals surface area contributed by atoms with Gasteiger partial charge in [-0.3, -0.25) is 9.59 Å². The molecule has 0 bridgehead atoms. The number of halogens is 1. The maximum absolute atomic E-state index is 13.5. The molecule has 7 heteroatoms. The number of hydrogen-bond acceptors (Lipinski definition) is 4. The van der Waals surface area contributed by atoms with E-state index in [1.807, 2.05) is 43.3 Å². The molecule has 0 spiro atoms. The molecule has 2 aromatic carbocycles. The number of para-hydroxylation sites is 1. The summed E-state index contributed by atoms with van der Waals surface area (Å²) in [7, 11) is 3.90. The fourth-order valence-corrected chi connectivity index (χ4v) is 2.73. The monoisotopic (exact) mass is 371 g/mol. The molecule has 0 radical (unpaired) electrons. The fourth-order valence-electron chi connectivity index (χ4n) is 2.73. The van der Waals surface area contributed by atoms with Crippen molar-refractivity contribution in [2.24, 2.45) is 5.92 Å². The fraction of sp³-hybridized carbons (Fsp3) is 0.300. The van der Waals surface area contributed by atoms with Gasteiger partial charge >= 0.3 is 0 Å². The standard InChI is InChI=1S/C20H22FN3O3/c1-23(2)16-9-7-15(8-10-16)22-20(26)14-11-24(12-14)19(25)13-27-18-6-4-3-5-17(18)21/h3-10,14H,11-13H2,1-2H3,(H,22,26). The van der Waals surface area contributed by atoms with Crippen molar-refractivity contribution in [1.29, 1.82) is 0 Å². The van der Waals surface area contributed by atoms with Gasteiger partial charge in [0.15, 0.2) is 18.2 Å². The summed E-state index contributed by atoms with van der Waals surface area (Å²) < 4.78 is 18.7. The molecule has 0 saturated carbocycles. The first-order valence-corrected chi connectivity index (χ1v) is 8.67. The zero-order chi connectivity index (χ0) is 19.4. The molecule has 6 nitrogen and oxygen atoms in total. The largest absolute Gasteiger partial charge is 0.481 e. The van der Waals surface area contributed by atoms with Gasteiger partial charge in [0.2, 0.25) is 5.91 Å². The number of anilines is 2. The topological polar surface area (TPSA) is 61.9 Å². The highest BCUT2D eigenvalue weighted by Crippen LogP contribution is 2.21. The van der Waals surface area contributed by atoms with Gasteiger partial charge in [-0.05, 0) is 36.4 Å². The quantitative estimate of drug-likeness (QED) is 0.847. The third kappa shape index (κ3) is 4.55. The molecular formula is C20H22FN3O3. The van der Waals surface area contributed by atoms with Crippen LogP contribution in [0.2, 0.25) is 0 Å². The number of amides is 2. The highest BCUT2D eigenvalue weighted by molar-refractivity contribution is 5.95. The summed E-state index contributed by atoms with van der Waals surface area (Å²) >= 11 is 0. The van der Waals surface area contributed by atoms with Crippen LogP contribution in [0.3, 0.4) is 0 Å². The lowest BCUT2D eigenvalue weighted by Gasteiger charge is -2.38. The van der Waals surface area contributed by atoms with E-state index in [0.29, 0.717) is 13.1 Å². The minimum Gasteiger partial charge on any atom is -0.481 e. The summed E-state index contributed by atoms with van der Waals surface area (Å²) in [5.41, 5.74) is 1.77. The minimum absolute atomic E-state index is 0.0434. The summed E-state index contributed by atoms with van der Waals surface area (Å²) in [6.45, 7) is 0.420. The Morgan fingerprint density at radius 1 is 1.15 bits per heavy atom. The van der Waals surface area contributed by atoms with Crippen molar-refractivity contribution in [3.8, 4) is 5.75 Å². The number of hydrogen-bond donors (Lipinski definition) is 1. The maximum Gasteiger partial charge on any atom is 0.260 e. The molecule has 2 amide bonds.